The minimum Gasteiger partial charge on any atom is -0.494 e. The van der Waals surface area contributed by atoms with Crippen molar-refractivity contribution in [2.75, 3.05) is 20.3 Å². The summed E-state index contributed by atoms with van der Waals surface area (Å²) in [6.07, 6.45) is -0.0900. The number of aliphatic hydroxyl groups excluding tert-OH is 1. The highest BCUT2D eigenvalue weighted by molar-refractivity contribution is 6.06. The van der Waals surface area contributed by atoms with Crippen LogP contribution in [0.5, 0.6) is 5.75 Å². The number of aliphatic hydroxyl groups is 1. The van der Waals surface area contributed by atoms with Crippen LogP contribution in [-0.4, -0.2) is 54.0 Å². The van der Waals surface area contributed by atoms with E-state index in [1.54, 1.807) is 11.0 Å². The monoisotopic (exact) mass is 429 g/mol. The summed E-state index contributed by atoms with van der Waals surface area (Å²) in [6.45, 7) is 8.27. The fourth-order valence-corrected chi connectivity index (χ4v) is 3.97. The summed E-state index contributed by atoms with van der Waals surface area (Å²) in [7, 11) is 1.35. The van der Waals surface area contributed by atoms with Gasteiger partial charge in [0, 0.05) is 6.54 Å². The van der Waals surface area contributed by atoms with Gasteiger partial charge in [0.1, 0.15) is 11.4 Å². The molecule has 1 aliphatic rings. The van der Waals surface area contributed by atoms with Crippen molar-refractivity contribution in [2.24, 2.45) is 0 Å². The Balaban J connectivity index is 2.14. The van der Waals surface area contributed by atoms with Crippen LogP contribution in [0.1, 0.15) is 62.5 Å². The number of amides is 1. The average Bonchev–Trinajstić information content (AvgIpc) is 2.71. The van der Waals surface area contributed by atoms with Gasteiger partial charge in [-0.3, -0.25) is 0 Å². The van der Waals surface area contributed by atoms with Crippen LogP contribution in [0.3, 0.4) is 0 Å². The van der Waals surface area contributed by atoms with Gasteiger partial charge in [0.25, 0.3) is 0 Å². The highest BCUT2D eigenvalue weighted by Crippen LogP contribution is 2.38. The van der Waals surface area contributed by atoms with Crippen LogP contribution in [0.25, 0.3) is 10.8 Å². The topological polar surface area (TPSA) is 85.3 Å². The second kappa shape index (κ2) is 9.14. The largest absolute Gasteiger partial charge is 0.494 e. The SMILES string of the molecule is CCOc1ccc2c(C(=O)OC)ccc([C@H]3C[C@H](O)CCN3C(=O)OC(C)(C)C)c2c1. The first kappa shape index (κ1) is 22.9. The molecule has 3 rings (SSSR count). The molecular weight excluding hydrogens is 398 g/mol. The zero-order chi connectivity index (χ0) is 22.8. The summed E-state index contributed by atoms with van der Waals surface area (Å²) < 4.78 is 16.2. The van der Waals surface area contributed by atoms with Crippen molar-refractivity contribution in [1.82, 2.24) is 4.90 Å². The van der Waals surface area contributed by atoms with Crippen LogP contribution in [0, 0.1) is 0 Å². The molecule has 0 aromatic heterocycles. The van der Waals surface area contributed by atoms with Gasteiger partial charge in [-0.2, -0.15) is 0 Å². The van der Waals surface area contributed by atoms with Crippen LogP contribution >= 0.6 is 0 Å². The van der Waals surface area contributed by atoms with Crippen molar-refractivity contribution >= 4 is 22.8 Å². The van der Waals surface area contributed by atoms with Gasteiger partial charge in [0.2, 0.25) is 0 Å². The molecule has 2 atom stereocenters. The van der Waals surface area contributed by atoms with Crippen molar-refractivity contribution < 1.29 is 28.9 Å². The number of rotatable bonds is 4. The Morgan fingerprint density at radius 2 is 1.90 bits per heavy atom. The lowest BCUT2D eigenvalue weighted by Gasteiger charge is -2.39. The second-order valence-corrected chi connectivity index (χ2v) is 8.70. The molecule has 0 bridgehead atoms. The summed E-state index contributed by atoms with van der Waals surface area (Å²) >= 11 is 0. The normalized spacial score (nSPS) is 19.2. The molecule has 31 heavy (non-hydrogen) atoms. The van der Waals surface area contributed by atoms with Crippen LogP contribution in [0.4, 0.5) is 4.79 Å². The summed E-state index contributed by atoms with van der Waals surface area (Å²) in [5.74, 6) is 0.229. The molecule has 1 N–H and O–H groups in total. The molecule has 2 aromatic rings. The highest BCUT2D eigenvalue weighted by atomic mass is 16.6. The quantitative estimate of drug-likeness (QED) is 0.723. The van der Waals surface area contributed by atoms with E-state index in [0.717, 1.165) is 10.9 Å². The van der Waals surface area contributed by atoms with E-state index in [4.69, 9.17) is 14.2 Å². The van der Waals surface area contributed by atoms with Gasteiger partial charge in [-0.05, 0) is 81.1 Å². The maximum atomic E-state index is 13.0. The van der Waals surface area contributed by atoms with Crippen molar-refractivity contribution in [2.45, 2.75) is 58.3 Å². The Morgan fingerprint density at radius 3 is 2.55 bits per heavy atom. The third-order valence-corrected chi connectivity index (χ3v) is 5.30. The lowest BCUT2D eigenvalue weighted by Crippen LogP contribution is -2.45. The van der Waals surface area contributed by atoms with Gasteiger partial charge in [-0.15, -0.1) is 0 Å². The lowest BCUT2D eigenvalue weighted by atomic mass is 9.88. The molecule has 0 radical (unpaired) electrons. The van der Waals surface area contributed by atoms with E-state index >= 15 is 0 Å². The van der Waals surface area contributed by atoms with E-state index in [9.17, 15) is 14.7 Å². The maximum absolute atomic E-state index is 13.0. The number of likely N-dealkylation sites (tertiary alicyclic amines) is 1. The third-order valence-electron chi connectivity index (χ3n) is 5.30. The van der Waals surface area contributed by atoms with E-state index in [2.05, 4.69) is 0 Å². The first-order valence-corrected chi connectivity index (χ1v) is 10.6. The number of piperidine rings is 1. The lowest BCUT2D eigenvalue weighted by molar-refractivity contribution is -0.00820. The number of fused-ring (bicyclic) bond motifs is 1. The Morgan fingerprint density at radius 1 is 1.16 bits per heavy atom. The Hall–Kier alpha value is -2.80. The summed E-state index contributed by atoms with van der Waals surface area (Å²) in [5, 5.41) is 11.9. The van der Waals surface area contributed by atoms with Gasteiger partial charge >= 0.3 is 12.1 Å². The zero-order valence-electron chi connectivity index (χ0n) is 18.8. The number of carbonyl (C=O) groups is 2. The summed E-state index contributed by atoms with van der Waals surface area (Å²) in [5.41, 5.74) is 0.634. The standard InChI is InChI=1S/C24H31NO6/c1-6-30-16-7-8-17-19(22(27)29-5)10-9-18(20(17)14-16)21-13-15(26)11-12-25(21)23(28)31-24(2,3)4/h7-10,14-15,21,26H,6,11-13H2,1-5H3/t15-,21-/m1/s1. The van der Waals surface area contributed by atoms with Gasteiger partial charge in [-0.25, -0.2) is 9.59 Å². The molecule has 1 saturated heterocycles. The molecule has 7 nitrogen and oxygen atoms in total. The predicted molar refractivity (Wildman–Crippen MR) is 117 cm³/mol. The number of carbonyl (C=O) groups excluding carboxylic acids is 2. The molecule has 1 aliphatic heterocycles. The first-order valence-electron chi connectivity index (χ1n) is 10.6. The van der Waals surface area contributed by atoms with Gasteiger partial charge in [-0.1, -0.05) is 6.07 Å². The number of methoxy groups -OCH3 is 1. The highest BCUT2D eigenvalue weighted by Gasteiger charge is 2.35. The van der Waals surface area contributed by atoms with Crippen LogP contribution in [0.2, 0.25) is 0 Å². The Bertz CT molecular complexity index is 964. The third kappa shape index (κ3) is 5.10. The number of ether oxygens (including phenoxy) is 3. The fourth-order valence-electron chi connectivity index (χ4n) is 3.97. The van der Waals surface area contributed by atoms with Crippen molar-refractivity contribution in [3.63, 3.8) is 0 Å². The molecule has 1 amide bonds. The molecule has 0 aliphatic carbocycles. The molecule has 0 unspecified atom stereocenters. The number of hydrogen-bond acceptors (Lipinski definition) is 6. The molecule has 168 valence electrons. The number of nitrogens with zero attached hydrogens (tertiary/aromatic N) is 1. The smallest absolute Gasteiger partial charge is 0.410 e. The molecule has 7 heteroatoms. The van der Waals surface area contributed by atoms with E-state index in [1.165, 1.54) is 7.11 Å². The van der Waals surface area contributed by atoms with Gasteiger partial charge in [0.05, 0.1) is 31.4 Å². The van der Waals surface area contributed by atoms with Gasteiger partial charge < -0.3 is 24.2 Å². The average molecular weight is 430 g/mol. The number of benzene rings is 2. The van der Waals surface area contributed by atoms with E-state index in [-0.39, 0.29) is 0 Å². The fraction of sp³-hybridized carbons (Fsp3) is 0.500. The van der Waals surface area contributed by atoms with Crippen molar-refractivity contribution in [1.29, 1.82) is 0 Å². The van der Waals surface area contributed by atoms with Crippen LogP contribution < -0.4 is 4.74 Å². The van der Waals surface area contributed by atoms with E-state index in [0.29, 0.717) is 42.7 Å². The Kier molecular flexibility index (Phi) is 6.74. The van der Waals surface area contributed by atoms with Crippen LogP contribution in [-0.2, 0) is 9.47 Å². The van der Waals surface area contributed by atoms with Gasteiger partial charge in [0.15, 0.2) is 0 Å². The molecule has 1 fully saturated rings. The summed E-state index contributed by atoms with van der Waals surface area (Å²) in [4.78, 5) is 26.9. The van der Waals surface area contributed by atoms with E-state index < -0.39 is 29.8 Å². The molecule has 2 aromatic carbocycles. The predicted octanol–water partition coefficient (Wildman–Crippen LogP) is 4.46. The summed E-state index contributed by atoms with van der Waals surface area (Å²) in [6, 6.07) is 8.64. The molecule has 1 heterocycles. The zero-order valence-corrected chi connectivity index (χ0v) is 18.8. The molecular formula is C24H31NO6. The Labute approximate surface area is 182 Å². The van der Waals surface area contributed by atoms with E-state index in [1.807, 2.05) is 52.0 Å². The minimum absolute atomic E-state index is 0.380. The number of esters is 1. The second-order valence-electron chi connectivity index (χ2n) is 8.70. The van der Waals surface area contributed by atoms with Crippen molar-refractivity contribution in [3.8, 4) is 5.75 Å². The molecule has 0 saturated carbocycles. The van der Waals surface area contributed by atoms with Crippen LogP contribution in [0.15, 0.2) is 30.3 Å². The number of hydrogen-bond donors (Lipinski definition) is 1. The molecule has 0 spiro atoms. The first-order chi connectivity index (χ1) is 14.6. The minimum atomic E-state index is -0.628. The maximum Gasteiger partial charge on any atom is 0.410 e. The van der Waals surface area contributed by atoms with Crippen molar-refractivity contribution in [3.05, 3.63) is 41.5 Å².